The van der Waals surface area contributed by atoms with Crippen molar-refractivity contribution < 1.29 is 4.74 Å². The number of nitrogens with one attached hydrogen (secondary N) is 1. The zero-order valence-corrected chi connectivity index (χ0v) is 12.4. The van der Waals surface area contributed by atoms with Crippen LogP contribution in [0.5, 0.6) is 5.75 Å². The van der Waals surface area contributed by atoms with Crippen LogP contribution in [0.3, 0.4) is 0 Å². The first-order valence-electron chi connectivity index (χ1n) is 6.66. The number of ether oxygens (including phenoxy) is 1. The first kappa shape index (κ1) is 14.3. The van der Waals surface area contributed by atoms with E-state index >= 15 is 0 Å². The maximum Gasteiger partial charge on any atom is 0.132 e. The summed E-state index contributed by atoms with van der Waals surface area (Å²) in [5.74, 6) is 1.78. The van der Waals surface area contributed by atoms with Gasteiger partial charge in [0.15, 0.2) is 0 Å². The highest BCUT2D eigenvalue weighted by Crippen LogP contribution is 2.25. The molecule has 1 atom stereocenters. The minimum Gasteiger partial charge on any atom is -0.497 e. The summed E-state index contributed by atoms with van der Waals surface area (Å²) in [6.07, 6.45) is 1.85. The Kier molecular flexibility index (Phi) is 4.58. The molecule has 0 spiro atoms. The molecule has 0 saturated carbocycles. The van der Waals surface area contributed by atoms with E-state index in [-0.39, 0.29) is 0 Å². The maximum absolute atomic E-state index is 5.18. The first-order chi connectivity index (χ1) is 9.65. The molecule has 4 nitrogen and oxygen atoms in total. The van der Waals surface area contributed by atoms with E-state index < -0.39 is 0 Å². The molecule has 4 heteroatoms. The molecule has 0 radical (unpaired) electrons. The van der Waals surface area contributed by atoms with Crippen LogP contribution in [0, 0.1) is 0 Å². The van der Waals surface area contributed by atoms with Crippen molar-refractivity contribution in [2.24, 2.45) is 0 Å². The number of pyridine rings is 1. The Labute approximate surface area is 120 Å². The molecule has 0 aliphatic heterocycles. The van der Waals surface area contributed by atoms with E-state index in [1.165, 1.54) is 5.56 Å². The minimum atomic E-state index is 0.306. The summed E-state index contributed by atoms with van der Waals surface area (Å²) in [4.78, 5) is 6.50. The highest BCUT2D eigenvalue weighted by atomic mass is 16.5. The number of rotatable bonds is 5. The second-order valence-corrected chi connectivity index (χ2v) is 4.71. The molecule has 2 rings (SSSR count). The van der Waals surface area contributed by atoms with Crippen molar-refractivity contribution >= 4 is 11.5 Å². The Morgan fingerprint density at radius 2 is 1.90 bits per heavy atom. The van der Waals surface area contributed by atoms with Crippen LogP contribution in [0.15, 0.2) is 42.6 Å². The third-order valence-electron chi connectivity index (χ3n) is 3.51. The zero-order chi connectivity index (χ0) is 14.5. The van der Waals surface area contributed by atoms with Crippen molar-refractivity contribution in [3.63, 3.8) is 0 Å². The lowest BCUT2D eigenvalue weighted by Crippen LogP contribution is -2.15. The molecule has 20 heavy (non-hydrogen) atoms. The van der Waals surface area contributed by atoms with Gasteiger partial charge in [-0.1, -0.05) is 0 Å². The Morgan fingerprint density at radius 1 is 1.20 bits per heavy atom. The maximum atomic E-state index is 5.18. The fraction of sp³-hybridized carbons (Fsp3) is 0.312. The van der Waals surface area contributed by atoms with Crippen molar-refractivity contribution in [3.05, 3.63) is 48.2 Å². The smallest absolute Gasteiger partial charge is 0.132 e. The lowest BCUT2D eigenvalue weighted by molar-refractivity contribution is 0.415. The van der Waals surface area contributed by atoms with Gasteiger partial charge in [-0.25, -0.2) is 4.98 Å². The van der Waals surface area contributed by atoms with Gasteiger partial charge in [-0.2, -0.15) is 0 Å². The summed E-state index contributed by atoms with van der Waals surface area (Å²) in [5, 5.41) is 3.24. The van der Waals surface area contributed by atoms with E-state index in [1.54, 1.807) is 7.11 Å². The second kappa shape index (κ2) is 6.39. The average molecular weight is 271 g/mol. The van der Waals surface area contributed by atoms with Crippen LogP contribution in [-0.4, -0.2) is 26.2 Å². The molecular weight excluding hydrogens is 250 g/mol. The molecule has 1 N–H and O–H groups in total. The van der Waals surface area contributed by atoms with Gasteiger partial charge in [-0.3, -0.25) is 0 Å². The van der Waals surface area contributed by atoms with Crippen LogP contribution in [0.4, 0.5) is 11.5 Å². The Balaban J connectivity index is 2.25. The fourth-order valence-electron chi connectivity index (χ4n) is 1.99. The van der Waals surface area contributed by atoms with Crippen molar-refractivity contribution in [2.75, 3.05) is 26.1 Å². The van der Waals surface area contributed by atoms with Crippen molar-refractivity contribution in [1.82, 2.24) is 10.3 Å². The SMILES string of the molecule is CNC(C)c1ccnc(N(C)c2ccc(OC)cc2)c1. The van der Waals surface area contributed by atoms with Crippen molar-refractivity contribution in [2.45, 2.75) is 13.0 Å². The second-order valence-electron chi connectivity index (χ2n) is 4.71. The average Bonchev–Trinajstić information content (AvgIpc) is 2.53. The van der Waals surface area contributed by atoms with Crippen LogP contribution >= 0.6 is 0 Å². The predicted molar refractivity (Wildman–Crippen MR) is 82.8 cm³/mol. The summed E-state index contributed by atoms with van der Waals surface area (Å²) in [6, 6.07) is 12.4. The standard InChI is InChI=1S/C16H21N3O/c1-12(17-2)13-9-10-18-16(11-13)19(3)14-5-7-15(20-4)8-6-14/h5-12,17H,1-4H3. The van der Waals surface area contributed by atoms with E-state index in [9.17, 15) is 0 Å². The highest BCUT2D eigenvalue weighted by molar-refractivity contribution is 5.60. The molecule has 1 aromatic heterocycles. The van der Waals surface area contributed by atoms with Gasteiger partial charge in [0.1, 0.15) is 11.6 Å². The van der Waals surface area contributed by atoms with E-state index in [2.05, 4.69) is 28.2 Å². The molecule has 2 aromatic rings. The number of nitrogens with zero attached hydrogens (tertiary/aromatic N) is 2. The van der Waals surface area contributed by atoms with E-state index in [0.29, 0.717) is 6.04 Å². The van der Waals surface area contributed by atoms with Gasteiger partial charge < -0.3 is 15.0 Å². The van der Waals surface area contributed by atoms with Gasteiger partial charge in [-0.05, 0) is 55.9 Å². The van der Waals surface area contributed by atoms with E-state index in [1.807, 2.05) is 50.6 Å². The molecule has 1 aromatic carbocycles. The molecule has 1 heterocycles. The Morgan fingerprint density at radius 3 is 2.50 bits per heavy atom. The van der Waals surface area contributed by atoms with Crippen LogP contribution < -0.4 is 15.0 Å². The van der Waals surface area contributed by atoms with Gasteiger partial charge in [0.05, 0.1) is 7.11 Å². The molecule has 0 fully saturated rings. The summed E-state index contributed by atoms with van der Waals surface area (Å²) in [7, 11) is 5.64. The fourth-order valence-corrected chi connectivity index (χ4v) is 1.99. The summed E-state index contributed by atoms with van der Waals surface area (Å²) in [6.45, 7) is 2.13. The quantitative estimate of drug-likeness (QED) is 0.906. The molecular formula is C16H21N3O. The highest BCUT2D eigenvalue weighted by Gasteiger charge is 2.09. The van der Waals surface area contributed by atoms with Crippen molar-refractivity contribution in [3.8, 4) is 5.75 Å². The molecule has 0 amide bonds. The number of benzene rings is 1. The number of hydrogen-bond donors (Lipinski definition) is 1. The lowest BCUT2D eigenvalue weighted by atomic mass is 10.1. The number of hydrogen-bond acceptors (Lipinski definition) is 4. The third-order valence-corrected chi connectivity index (χ3v) is 3.51. The summed E-state index contributed by atoms with van der Waals surface area (Å²) >= 11 is 0. The summed E-state index contributed by atoms with van der Waals surface area (Å²) in [5.41, 5.74) is 2.30. The molecule has 0 saturated heterocycles. The Hall–Kier alpha value is -2.07. The van der Waals surface area contributed by atoms with Crippen LogP contribution in [0.25, 0.3) is 0 Å². The van der Waals surface area contributed by atoms with Crippen LogP contribution in [0.2, 0.25) is 0 Å². The lowest BCUT2D eigenvalue weighted by Gasteiger charge is -2.20. The first-order valence-corrected chi connectivity index (χ1v) is 6.66. The van der Waals surface area contributed by atoms with E-state index in [0.717, 1.165) is 17.3 Å². The molecule has 1 unspecified atom stereocenters. The minimum absolute atomic E-state index is 0.306. The van der Waals surface area contributed by atoms with Crippen LogP contribution in [-0.2, 0) is 0 Å². The predicted octanol–water partition coefficient (Wildman–Crippen LogP) is 3.14. The van der Waals surface area contributed by atoms with E-state index in [4.69, 9.17) is 4.74 Å². The molecule has 0 aliphatic rings. The largest absolute Gasteiger partial charge is 0.497 e. The molecule has 0 aliphatic carbocycles. The third kappa shape index (κ3) is 3.08. The van der Waals surface area contributed by atoms with Gasteiger partial charge in [0, 0.05) is 25.0 Å². The Bertz CT molecular complexity index is 554. The normalized spacial score (nSPS) is 12.0. The number of methoxy groups -OCH3 is 1. The molecule has 106 valence electrons. The van der Waals surface area contributed by atoms with Gasteiger partial charge in [0.25, 0.3) is 0 Å². The summed E-state index contributed by atoms with van der Waals surface area (Å²) < 4.78 is 5.18. The van der Waals surface area contributed by atoms with Gasteiger partial charge in [0.2, 0.25) is 0 Å². The monoisotopic (exact) mass is 271 g/mol. The van der Waals surface area contributed by atoms with Gasteiger partial charge >= 0.3 is 0 Å². The number of aromatic nitrogens is 1. The zero-order valence-electron chi connectivity index (χ0n) is 12.4. The number of anilines is 2. The van der Waals surface area contributed by atoms with Crippen molar-refractivity contribution in [1.29, 1.82) is 0 Å². The molecule has 0 bridgehead atoms. The topological polar surface area (TPSA) is 37.4 Å². The van der Waals surface area contributed by atoms with Gasteiger partial charge in [-0.15, -0.1) is 0 Å². The van der Waals surface area contributed by atoms with Crippen LogP contribution in [0.1, 0.15) is 18.5 Å².